The summed E-state index contributed by atoms with van der Waals surface area (Å²) in [5.41, 5.74) is 3.22. The number of hydrogen-bond acceptors (Lipinski definition) is 0. The zero-order valence-corrected chi connectivity index (χ0v) is 10.4. The fraction of sp³-hybridized carbons (Fsp3) is 0.571. The first-order chi connectivity index (χ1) is 6.97. The van der Waals surface area contributed by atoms with Gasteiger partial charge in [-0.1, -0.05) is 46.8 Å². The van der Waals surface area contributed by atoms with E-state index in [1.165, 1.54) is 5.56 Å². The zero-order chi connectivity index (χ0) is 11.6. The minimum absolute atomic E-state index is 0.247. The molecule has 1 aromatic carbocycles. The summed E-state index contributed by atoms with van der Waals surface area (Å²) < 4.78 is 0. The number of benzene rings is 1. The van der Waals surface area contributed by atoms with Gasteiger partial charge < -0.3 is 0 Å². The number of aryl methyl sites for hydroxylation is 1. The van der Waals surface area contributed by atoms with Crippen molar-refractivity contribution in [2.75, 3.05) is 0 Å². The summed E-state index contributed by atoms with van der Waals surface area (Å²) in [7, 11) is 0. The Balaban J connectivity index is 3.33. The maximum atomic E-state index is 12.1. The van der Waals surface area contributed by atoms with Gasteiger partial charge in [-0.25, -0.2) is 0 Å². The molecule has 1 aromatic rings. The molecule has 0 amide bonds. The summed E-state index contributed by atoms with van der Waals surface area (Å²) in [4.78, 5) is 0. The second kappa shape index (κ2) is 4.69. The van der Waals surface area contributed by atoms with Crippen molar-refractivity contribution < 1.29 is 5.11 Å². The van der Waals surface area contributed by atoms with Crippen LogP contribution < -0.4 is 0 Å². The SMILES string of the molecule is CCc1cc(C(C)C)c([O])c(C(C)C)c1. The molecule has 0 aliphatic rings. The lowest BCUT2D eigenvalue weighted by Crippen LogP contribution is -1.97. The first-order valence-corrected chi connectivity index (χ1v) is 5.81. The van der Waals surface area contributed by atoms with Crippen LogP contribution in [0.3, 0.4) is 0 Å². The largest absolute Gasteiger partial charge is 0.289 e. The molecule has 0 heterocycles. The molecule has 0 fully saturated rings. The highest BCUT2D eigenvalue weighted by Gasteiger charge is 2.15. The van der Waals surface area contributed by atoms with Crippen molar-refractivity contribution in [1.29, 1.82) is 0 Å². The van der Waals surface area contributed by atoms with Gasteiger partial charge in [-0.05, 0) is 23.8 Å². The van der Waals surface area contributed by atoms with Crippen LogP contribution in [0, 0.1) is 0 Å². The molecule has 15 heavy (non-hydrogen) atoms. The van der Waals surface area contributed by atoms with Crippen molar-refractivity contribution in [2.24, 2.45) is 0 Å². The van der Waals surface area contributed by atoms with Gasteiger partial charge in [0.25, 0.3) is 0 Å². The Hall–Kier alpha value is -0.980. The molecule has 0 spiro atoms. The Kier molecular flexibility index (Phi) is 3.78. The molecular formula is C14H21O. The molecule has 0 atom stereocenters. The Morgan fingerprint density at radius 2 is 1.40 bits per heavy atom. The summed E-state index contributed by atoms with van der Waals surface area (Å²) in [6.07, 6.45) is 1.000. The fourth-order valence-electron chi connectivity index (χ4n) is 1.80. The lowest BCUT2D eigenvalue weighted by molar-refractivity contribution is 0.341. The van der Waals surface area contributed by atoms with Gasteiger partial charge in [0.2, 0.25) is 0 Å². The van der Waals surface area contributed by atoms with E-state index in [2.05, 4.69) is 46.8 Å². The monoisotopic (exact) mass is 205 g/mol. The second-order valence-corrected chi connectivity index (χ2v) is 4.77. The fourth-order valence-corrected chi connectivity index (χ4v) is 1.80. The zero-order valence-electron chi connectivity index (χ0n) is 10.4. The van der Waals surface area contributed by atoms with E-state index in [4.69, 9.17) is 0 Å². The van der Waals surface area contributed by atoms with Crippen molar-refractivity contribution in [2.45, 2.75) is 52.9 Å². The van der Waals surface area contributed by atoms with Crippen LogP contribution in [0.15, 0.2) is 12.1 Å². The normalized spacial score (nSPS) is 11.4. The van der Waals surface area contributed by atoms with E-state index in [1.54, 1.807) is 0 Å². The summed E-state index contributed by atoms with van der Waals surface area (Å²) in [6, 6.07) is 4.14. The molecule has 83 valence electrons. The third kappa shape index (κ3) is 2.53. The van der Waals surface area contributed by atoms with E-state index in [9.17, 15) is 5.11 Å². The average molecular weight is 205 g/mol. The van der Waals surface area contributed by atoms with Crippen LogP contribution in [0.2, 0.25) is 0 Å². The molecule has 1 radical (unpaired) electrons. The molecule has 1 nitrogen and oxygen atoms in total. The third-order valence-corrected chi connectivity index (χ3v) is 2.86. The van der Waals surface area contributed by atoms with Crippen molar-refractivity contribution in [3.63, 3.8) is 0 Å². The maximum Gasteiger partial charge on any atom is 0.185 e. The molecule has 0 N–H and O–H groups in total. The highest BCUT2D eigenvalue weighted by molar-refractivity contribution is 5.46. The molecule has 0 unspecified atom stereocenters. The minimum Gasteiger partial charge on any atom is -0.289 e. The van der Waals surface area contributed by atoms with Crippen LogP contribution in [0.25, 0.3) is 0 Å². The first-order valence-electron chi connectivity index (χ1n) is 5.81. The highest BCUT2D eigenvalue weighted by Crippen LogP contribution is 2.35. The minimum atomic E-state index is 0.247. The number of hydrogen-bond donors (Lipinski definition) is 0. The average Bonchev–Trinajstić information content (AvgIpc) is 2.17. The Bertz CT molecular complexity index is 308. The van der Waals surface area contributed by atoms with Crippen LogP contribution >= 0.6 is 0 Å². The van der Waals surface area contributed by atoms with Gasteiger partial charge in [-0.3, -0.25) is 5.11 Å². The van der Waals surface area contributed by atoms with Gasteiger partial charge >= 0.3 is 0 Å². The van der Waals surface area contributed by atoms with Crippen molar-refractivity contribution in [3.05, 3.63) is 28.8 Å². The number of rotatable bonds is 3. The van der Waals surface area contributed by atoms with Crippen molar-refractivity contribution >= 4 is 0 Å². The van der Waals surface area contributed by atoms with Crippen molar-refractivity contribution in [3.8, 4) is 5.75 Å². The molecule has 0 aliphatic carbocycles. The van der Waals surface area contributed by atoms with Gasteiger partial charge in [-0.2, -0.15) is 0 Å². The topological polar surface area (TPSA) is 19.9 Å². The van der Waals surface area contributed by atoms with Gasteiger partial charge in [0, 0.05) is 11.1 Å². The van der Waals surface area contributed by atoms with Gasteiger partial charge in [0.15, 0.2) is 5.75 Å². The summed E-state index contributed by atoms with van der Waals surface area (Å²) in [5, 5.41) is 12.1. The van der Waals surface area contributed by atoms with Crippen molar-refractivity contribution in [1.82, 2.24) is 0 Å². The highest BCUT2D eigenvalue weighted by atomic mass is 16.3. The molecule has 1 heteroatoms. The van der Waals surface area contributed by atoms with E-state index in [-0.39, 0.29) is 5.75 Å². The smallest absolute Gasteiger partial charge is 0.185 e. The van der Waals surface area contributed by atoms with E-state index in [0.717, 1.165) is 17.5 Å². The predicted octanol–water partition coefficient (Wildman–Crippen LogP) is 4.64. The van der Waals surface area contributed by atoms with E-state index >= 15 is 0 Å². The molecule has 0 saturated heterocycles. The standard InChI is InChI=1S/C14H21O/c1-6-11-7-12(9(2)3)14(15)13(8-11)10(4)5/h7-10H,6H2,1-5H3. The Labute approximate surface area is 93.1 Å². The lowest BCUT2D eigenvalue weighted by atomic mass is 9.91. The summed E-state index contributed by atoms with van der Waals surface area (Å²) in [6.45, 7) is 10.5. The molecule has 0 bridgehead atoms. The van der Waals surface area contributed by atoms with Crippen LogP contribution in [0.4, 0.5) is 0 Å². The molecule has 0 aliphatic heterocycles. The summed E-state index contributed by atoms with van der Waals surface area (Å²) >= 11 is 0. The quantitative estimate of drug-likeness (QED) is 0.685. The van der Waals surface area contributed by atoms with Crippen LogP contribution in [0.5, 0.6) is 5.75 Å². The Morgan fingerprint density at radius 1 is 1.00 bits per heavy atom. The van der Waals surface area contributed by atoms with E-state index in [1.807, 2.05) is 0 Å². The molecular weight excluding hydrogens is 184 g/mol. The molecule has 1 rings (SSSR count). The molecule has 0 saturated carbocycles. The predicted molar refractivity (Wildman–Crippen MR) is 64.1 cm³/mol. The van der Waals surface area contributed by atoms with Gasteiger partial charge in [-0.15, -0.1) is 0 Å². The Morgan fingerprint density at radius 3 is 1.67 bits per heavy atom. The summed E-state index contributed by atoms with van der Waals surface area (Å²) in [5.74, 6) is 0.889. The van der Waals surface area contributed by atoms with Crippen LogP contribution in [-0.2, 0) is 11.5 Å². The lowest BCUT2D eigenvalue weighted by Gasteiger charge is -2.15. The van der Waals surface area contributed by atoms with Crippen LogP contribution in [-0.4, -0.2) is 0 Å². The maximum absolute atomic E-state index is 12.1. The van der Waals surface area contributed by atoms with E-state index < -0.39 is 0 Å². The van der Waals surface area contributed by atoms with Crippen LogP contribution in [0.1, 0.15) is 63.1 Å². The second-order valence-electron chi connectivity index (χ2n) is 4.77. The van der Waals surface area contributed by atoms with Gasteiger partial charge in [0.1, 0.15) is 0 Å². The van der Waals surface area contributed by atoms with E-state index in [0.29, 0.717) is 11.8 Å². The first kappa shape index (κ1) is 12.1. The van der Waals surface area contributed by atoms with Gasteiger partial charge in [0.05, 0.1) is 0 Å². The third-order valence-electron chi connectivity index (χ3n) is 2.86. The molecule has 0 aromatic heterocycles.